The smallest absolute Gasteiger partial charge is 0.0973 e. The van der Waals surface area contributed by atoms with E-state index in [-0.39, 0.29) is 17.1 Å². The first-order valence-electron chi connectivity index (χ1n) is 5.90. The Morgan fingerprint density at radius 1 is 1.41 bits per heavy atom. The van der Waals surface area contributed by atoms with Crippen LogP contribution < -0.4 is 0 Å². The van der Waals surface area contributed by atoms with Crippen LogP contribution in [0, 0.1) is 12.8 Å². The first-order chi connectivity index (χ1) is 7.73. The van der Waals surface area contributed by atoms with Gasteiger partial charge in [-0.05, 0) is 52.6 Å². The van der Waals surface area contributed by atoms with Gasteiger partial charge in [0.25, 0.3) is 0 Å². The molecule has 1 aromatic rings. The van der Waals surface area contributed by atoms with Gasteiger partial charge in [-0.15, -0.1) is 5.10 Å². The SMILES string of the molecule is Cc1nnsc1C(O)C1CC(C)(C)OC1(C)C. The summed E-state index contributed by atoms with van der Waals surface area (Å²) >= 11 is 1.28. The van der Waals surface area contributed by atoms with E-state index in [1.807, 2.05) is 20.8 Å². The van der Waals surface area contributed by atoms with Gasteiger partial charge in [0.05, 0.1) is 27.9 Å². The number of rotatable bonds is 2. The second-order valence-electron chi connectivity index (χ2n) is 5.94. The van der Waals surface area contributed by atoms with Crippen molar-refractivity contribution in [3.8, 4) is 0 Å². The Kier molecular flexibility index (Phi) is 3.04. The van der Waals surface area contributed by atoms with Crippen molar-refractivity contribution >= 4 is 11.5 Å². The average Bonchev–Trinajstić information content (AvgIpc) is 2.66. The number of ether oxygens (including phenoxy) is 1. The fourth-order valence-electron chi connectivity index (χ4n) is 2.79. The fraction of sp³-hybridized carbons (Fsp3) is 0.833. The second-order valence-corrected chi connectivity index (χ2v) is 6.73. The molecule has 1 saturated heterocycles. The molecule has 2 atom stereocenters. The van der Waals surface area contributed by atoms with Crippen molar-refractivity contribution < 1.29 is 9.84 Å². The molecular weight excluding hydrogens is 236 g/mol. The second kappa shape index (κ2) is 4.00. The van der Waals surface area contributed by atoms with Crippen LogP contribution in [0.5, 0.6) is 0 Å². The summed E-state index contributed by atoms with van der Waals surface area (Å²) < 4.78 is 9.90. The monoisotopic (exact) mass is 256 g/mol. The van der Waals surface area contributed by atoms with E-state index in [0.717, 1.165) is 17.0 Å². The molecule has 1 aliphatic rings. The molecule has 1 aromatic heterocycles. The van der Waals surface area contributed by atoms with Gasteiger partial charge >= 0.3 is 0 Å². The Bertz CT molecular complexity index is 414. The largest absolute Gasteiger partial charge is 0.387 e. The third-order valence-electron chi connectivity index (χ3n) is 3.48. The number of hydrogen-bond acceptors (Lipinski definition) is 5. The maximum Gasteiger partial charge on any atom is 0.0973 e. The summed E-state index contributed by atoms with van der Waals surface area (Å²) in [7, 11) is 0. The van der Waals surface area contributed by atoms with Crippen LogP contribution in [-0.2, 0) is 4.74 Å². The lowest BCUT2D eigenvalue weighted by atomic mass is 9.82. The van der Waals surface area contributed by atoms with Gasteiger partial charge in [-0.1, -0.05) is 4.49 Å². The molecule has 0 saturated carbocycles. The molecule has 96 valence electrons. The number of aromatic nitrogens is 2. The Labute approximate surface area is 106 Å². The Morgan fingerprint density at radius 3 is 2.47 bits per heavy atom. The van der Waals surface area contributed by atoms with E-state index in [1.165, 1.54) is 11.5 Å². The molecular formula is C12H20N2O2S. The van der Waals surface area contributed by atoms with Gasteiger partial charge in [-0.2, -0.15) is 0 Å². The first kappa shape index (κ1) is 12.9. The van der Waals surface area contributed by atoms with Crippen molar-refractivity contribution in [2.75, 3.05) is 0 Å². The number of hydrogen-bond donors (Lipinski definition) is 1. The van der Waals surface area contributed by atoms with Crippen LogP contribution in [-0.4, -0.2) is 25.9 Å². The maximum atomic E-state index is 10.5. The van der Waals surface area contributed by atoms with Crippen molar-refractivity contribution in [1.82, 2.24) is 9.59 Å². The molecule has 0 radical (unpaired) electrons. The van der Waals surface area contributed by atoms with Gasteiger partial charge in [0.1, 0.15) is 0 Å². The van der Waals surface area contributed by atoms with Crippen molar-refractivity contribution in [2.45, 2.75) is 58.3 Å². The van der Waals surface area contributed by atoms with E-state index in [2.05, 4.69) is 23.4 Å². The molecule has 0 spiro atoms. The topological polar surface area (TPSA) is 55.2 Å². The predicted octanol–water partition coefficient (Wildman–Crippen LogP) is 2.47. The highest BCUT2D eigenvalue weighted by molar-refractivity contribution is 7.05. The van der Waals surface area contributed by atoms with Crippen LogP contribution in [0.1, 0.15) is 50.8 Å². The summed E-state index contributed by atoms with van der Waals surface area (Å²) in [5.74, 6) is 0.0819. The van der Waals surface area contributed by atoms with E-state index in [4.69, 9.17) is 4.74 Å². The van der Waals surface area contributed by atoms with Crippen LogP contribution in [0.25, 0.3) is 0 Å². The number of aliphatic hydroxyl groups is 1. The third-order valence-corrected chi connectivity index (χ3v) is 4.38. The summed E-state index contributed by atoms with van der Waals surface area (Å²) in [4.78, 5) is 0.865. The molecule has 4 nitrogen and oxygen atoms in total. The minimum Gasteiger partial charge on any atom is -0.387 e. The normalized spacial score (nSPS) is 28.2. The number of aliphatic hydroxyl groups excluding tert-OH is 1. The molecule has 1 N–H and O–H groups in total. The molecule has 1 aliphatic heterocycles. The zero-order valence-electron chi connectivity index (χ0n) is 11.0. The van der Waals surface area contributed by atoms with E-state index in [1.54, 1.807) is 0 Å². The molecule has 0 aromatic carbocycles. The molecule has 0 bridgehead atoms. The zero-order chi connectivity index (χ0) is 12.8. The van der Waals surface area contributed by atoms with E-state index < -0.39 is 6.10 Å². The Balaban J connectivity index is 2.26. The lowest BCUT2D eigenvalue weighted by Gasteiger charge is -2.29. The van der Waals surface area contributed by atoms with Crippen LogP contribution in [0.2, 0.25) is 0 Å². The van der Waals surface area contributed by atoms with Crippen LogP contribution in [0.3, 0.4) is 0 Å². The lowest BCUT2D eigenvalue weighted by Crippen LogP contribution is -2.32. The molecule has 17 heavy (non-hydrogen) atoms. The van der Waals surface area contributed by atoms with Gasteiger partial charge in [0.15, 0.2) is 0 Å². The van der Waals surface area contributed by atoms with Gasteiger partial charge in [-0.25, -0.2) is 0 Å². The highest BCUT2D eigenvalue weighted by Gasteiger charge is 2.49. The highest BCUT2D eigenvalue weighted by atomic mass is 32.1. The molecule has 2 heterocycles. The van der Waals surface area contributed by atoms with E-state index >= 15 is 0 Å². The van der Waals surface area contributed by atoms with Crippen LogP contribution in [0.15, 0.2) is 0 Å². The van der Waals surface area contributed by atoms with Gasteiger partial charge in [0, 0.05) is 5.92 Å². The van der Waals surface area contributed by atoms with Crippen molar-refractivity contribution in [1.29, 1.82) is 0 Å². The summed E-state index contributed by atoms with van der Waals surface area (Å²) in [6.07, 6.45) is 0.310. The highest BCUT2D eigenvalue weighted by Crippen LogP contribution is 2.48. The van der Waals surface area contributed by atoms with Crippen molar-refractivity contribution in [2.24, 2.45) is 5.92 Å². The van der Waals surface area contributed by atoms with Crippen molar-refractivity contribution in [3.05, 3.63) is 10.6 Å². The predicted molar refractivity (Wildman–Crippen MR) is 67.0 cm³/mol. The summed E-state index contributed by atoms with van der Waals surface area (Å²) in [6, 6.07) is 0. The molecule has 2 unspecified atom stereocenters. The quantitative estimate of drug-likeness (QED) is 0.883. The summed E-state index contributed by atoms with van der Waals surface area (Å²) in [5, 5.41) is 14.5. The standard InChI is InChI=1S/C12H20N2O2S/c1-7-10(17-14-13-7)9(15)8-6-11(2,3)16-12(8,4)5/h8-9,15H,6H2,1-5H3. The summed E-state index contributed by atoms with van der Waals surface area (Å²) in [6.45, 7) is 10.1. The minimum absolute atomic E-state index is 0.0819. The molecule has 1 fully saturated rings. The maximum absolute atomic E-state index is 10.5. The summed E-state index contributed by atoms with van der Waals surface area (Å²) in [5.41, 5.74) is 0.323. The van der Waals surface area contributed by atoms with E-state index in [9.17, 15) is 5.11 Å². The fourth-order valence-corrected chi connectivity index (χ4v) is 3.48. The molecule has 2 rings (SSSR count). The lowest BCUT2D eigenvalue weighted by molar-refractivity contribution is -0.0877. The molecule has 0 aliphatic carbocycles. The first-order valence-corrected chi connectivity index (χ1v) is 6.67. The Hall–Kier alpha value is -0.520. The molecule has 0 amide bonds. The number of aryl methyl sites for hydroxylation is 1. The van der Waals surface area contributed by atoms with Crippen LogP contribution >= 0.6 is 11.5 Å². The van der Waals surface area contributed by atoms with Gasteiger partial charge < -0.3 is 9.84 Å². The average molecular weight is 256 g/mol. The Morgan fingerprint density at radius 2 is 2.06 bits per heavy atom. The number of nitrogens with zero attached hydrogens (tertiary/aromatic N) is 2. The van der Waals surface area contributed by atoms with Crippen molar-refractivity contribution in [3.63, 3.8) is 0 Å². The van der Waals surface area contributed by atoms with Crippen LogP contribution in [0.4, 0.5) is 0 Å². The third kappa shape index (κ3) is 2.37. The zero-order valence-corrected chi connectivity index (χ0v) is 11.8. The molecule has 5 heteroatoms. The minimum atomic E-state index is -0.535. The van der Waals surface area contributed by atoms with Gasteiger partial charge in [-0.3, -0.25) is 0 Å². The van der Waals surface area contributed by atoms with Gasteiger partial charge in [0.2, 0.25) is 0 Å². The van der Waals surface area contributed by atoms with E-state index in [0.29, 0.717) is 0 Å².